The first-order valence-corrected chi connectivity index (χ1v) is 5.39. The average molecular weight is 298 g/mol. The molecule has 2 atom stereocenters. The van der Waals surface area contributed by atoms with Crippen LogP contribution in [0.4, 0.5) is 26.3 Å². The van der Waals surface area contributed by atoms with Gasteiger partial charge < -0.3 is 9.84 Å². The molecule has 1 N–H and O–H groups in total. The van der Waals surface area contributed by atoms with Crippen LogP contribution in [0.5, 0.6) is 5.75 Å². The molecule has 2 nitrogen and oxygen atoms in total. The summed E-state index contributed by atoms with van der Waals surface area (Å²) >= 11 is 0. The Morgan fingerprint density at radius 2 is 1.75 bits per heavy atom. The van der Waals surface area contributed by atoms with Gasteiger partial charge in [0.2, 0.25) is 6.10 Å². The van der Waals surface area contributed by atoms with Crippen LogP contribution < -0.4 is 4.74 Å². The van der Waals surface area contributed by atoms with Crippen molar-refractivity contribution in [3.05, 3.63) is 35.4 Å². The number of alkyl halides is 6. The summed E-state index contributed by atoms with van der Waals surface area (Å²) in [6.07, 6.45) is -12.6. The zero-order valence-corrected chi connectivity index (χ0v) is 9.66. The Hall–Kier alpha value is -1.70. The van der Waals surface area contributed by atoms with E-state index in [0.717, 1.165) is 24.3 Å². The smallest absolute Gasteiger partial charge is 0.429 e. The molecule has 0 fully saturated rings. The van der Waals surface area contributed by atoms with Gasteiger partial charge in [0.25, 0.3) is 0 Å². The van der Waals surface area contributed by atoms with Crippen LogP contribution in [0.25, 0.3) is 6.08 Å². The number of aliphatic hydroxyl groups is 1. The van der Waals surface area contributed by atoms with E-state index in [2.05, 4.69) is 4.74 Å². The summed E-state index contributed by atoms with van der Waals surface area (Å²) in [4.78, 5) is 0. The molecule has 0 bridgehead atoms. The van der Waals surface area contributed by atoms with Crippen molar-refractivity contribution in [3.8, 4) is 5.75 Å². The molecule has 1 aromatic carbocycles. The highest BCUT2D eigenvalue weighted by Crippen LogP contribution is 2.37. The molecule has 1 aliphatic rings. The third-order valence-electron chi connectivity index (χ3n) is 2.69. The number of ether oxygens (including phenoxy) is 1. The van der Waals surface area contributed by atoms with E-state index >= 15 is 0 Å². The quantitative estimate of drug-likeness (QED) is 0.802. The lowest BCUT2D eigenvalue weighted by molar-refractivity contribution is -0.206. The van der Waals surface area contributed by atoms with Gasteiger partial charge in [-0.1, -0.05) is 12.1 Å². The first kappa shape index (κ1) is 14.7. The molecule has 0 spiro atoms. The zero-order chi connectivity index (χ0) is 15.1. The van der Waals surface area contributed by atoms with Gasteiger partial charge in [-0.25, -0.2) is 0 Å². The van der Waals surface area contributed by atoms with Gasteiger partial charge in [-0.15, -0.1) is 0 Å². The van der Waals surface area contributed by atoms with Gasteiger partial charge in [0.15, 0.2) is 6.10 Å². The molecule has 1 aromatic rings. The maximum absolute atomic E-state index is 12.4. The Morgan fingerprint density at radius 3 is 2.30 bits per heavy atom. The fraction of sp³-hybridized carbons (Fsp3) is 0.333. The first-order valence-electron chi connectivity index (χ1n) is 5.39. The normalized spacial score (nSPS) is 20.2. The van der Waals surface area contributed by atoms with E-state index in [1.54, 1.807) is 0 Å². The summed E-state index contributed by atoms with van der Waals surface area (Å²) in [7, 11) is 0. The molecule has 2 unspecified atom stereocenters. The number of fused-ring (bicyclic) bond motifs is 1. The topological polar surface area (TPSA) is 29.5 Å². The van der Waals surface area contributed by atoms with Gasteiger partial charge in [0.05, 0.1) is 0 Å². The van der Waals surface area contributed by atoms with E-state index in [1.807, 2.05) is 0 Å². The summed E-state index contributed by atoms with van der Waals surface area (Å²) in [5, 5.41) is 9.07. The van der Waals surface area contributed by atoms with Gasteiger partial charge >= 0.3 is 12.4 Å². The number of halogens is 6. The van der Waals surface area contributed by atoms with Crippen LogP contribution in [-0.4, -0.2) is 23.6 Å². The number of hydrogen-bond donors (Lipinski definition) is 1. The number of hydrogen-bond acceptors (Lipinski definition) is 2. The summed E-state index contributed by atoms with van der Waals surface area (Å²) in [6.45, 7) is 0. The second kappa shape index (κ2) is 4.69. The summed E-state index contributed by atoms with van der Waals surface area (Å²) < 4.78 is 79.0. The standard InChI is InChI=1S/C12H8F6O2/c13-11(14,15)9-4-2-6-5-7(1-3-8(6)20-9)10(19)12(16,17)18/h1-5,9-10,19H. The molecule has 110 valence electrons. The molecule has 0 aromatic heterocycles. The third-order valence-corrected chi connectivity index (χ3v) is 2.69. The lowest BCUT2D eigenvalue weighted by Gasteiger charge is -2.24. The van der Waals surface area contributed by atoms with Crippen LogP contribution in [-0.2, 0) is 0 Å². The molecule has 1 heterocycles. The van der Waals surface area contributed by atoms with E-state index < -0.39 is 30.1 Å². The van der Waals surface area contributed by atoms with Crippen LogP contribution in [0, 0.1) is 0 Å². The second-order valence-electron chi connectivity index (χ2n) is 4.18. The third kappa shape index (κ3) is 2.90. The second-order valence-corrected chi connectivity index (χ2v) is 4.18. The maximum Gasteiger partial charge on any atom is 0.429 e. The van der Waals surface area contributed by atoms with Crippen molar-refractivity contribution in [2.24, 2.45) is 0 Å². The van der Waals surface area contributed by atoms with Crippen LogP contribution in [0.15, 0.2) is 24.3 Å². The number of benzene rings is 1. The van der Waals surface area contributed by atoms with Crippen LogP contribution in [0.2, 0.25) is 0 Å². The molecule has 0 aliphatic carbocycles. The summed E-state index contributed by atoms with van der Waals surface area (Å²) in [5.74, 6) is -0.187. The fourth-order valence-electron chi connectivity index (χ4n) is 1.71. The van der Waals surface area contributed by atoms with Crippen molar-refractivity contribution >= 4 is 6.08 Å². The van der Waals surface area contributed by atoms with Crippen LogP contribution in [0.3, 0.4) is 0 Å². The van der Waals surface area contributed by atoms with Gasteiger partial charge in [0, 0.05) is 5.56 Å². The lowest BCUT2D eigenvalue weighted by atomic mass is 10.0. The molecule has 0 radical (unpaired) electrons. The molecular formula is C12H8F6O2. The van der Waals surface area contributed by atoms with Gasteiger partial charge in [-0.3, -0.25) is 0 Å². The lowest BCUT2D eigenvalue weighted by Crippen LogP contribution is -2.33. The number of aliphatic hydroxyl groups excluding tert-OH is 1. The molecule has 0 saturated heterocycles. The minimum absolute atomic E-state index is 0.0475. The van der Waals surface area contributed by atoms with Crippen molar-refractivity contribution in [2.75, 3.05) is 0 Å². The number of rotatable bonds is 1. The van der Waals surface area contributed by atoms with E-state index in [0.29, 0.717) is 6.08 Å². The van der Waals surface area contributed by atoms with E-state index in [4.69, 9.17) is 5.11 Å². The van der Waals surface area contributed by atoms with Gasteiger partial charge in [-0.05, 0) is 23.8 Å². The van der Waals surface area contributed by atoms with Crippen molar-refractivity contribution in [2.45, 2.75) is 24.6 Å². The zero-order valence-electron chi connectivity index (χ0n) is 9.66. The molecule has 2 rings (SSSR count). The SMILES string of the molecule is OC(c1ccc2c(c1)C=CC(C(F)(F)F)O2)C(F)(F)F. The monoisotopic (exact) mass is 298 g/mol. The highest BCUT2D eigenvalue weighted by Gasteiger charge is 2.42. The molecule has 0 amide bonds. The van der Waals surface area contributed by atoms with Gasteiger partial charge in [0.1, 0.15) is 5.75 Å². The van der Waals surface area contributed by atoms with Crippen LogP contribution >= 0.6 is 0 Å². The summed E-state index contributed by atoms with van der Waals surface area (Å²) in [5.41, 5.74) is -0.416. The minimum Gasteiger partial charge on any atom is -0.476 e. The fourth-order valence-corrected chi connectivity index (χ4v) is 1.71. The predicted molar refractivity (Wildman–Crippen MR) is 57.0 cm³/mol. The predicted octanol–water partition coefficient (Wildman–Crippen LogP) is 3.62. The average Bonchev–Trinajstić information content (AvgIpc) is 2.34. The first-order chi connectivity index (χ1) is 9.09. The Kier molecular flexibility index (Phi) is 3.45. The van der Waals surface area contributed by atoms with Crippen molar-refractivity contribution < 1.29 is 36.2 Å². The van der Waals surface area contributed by atoms with Gasteiger partial charge in [-0.2, -0.15) is 26.3 Å². The Balaban J connectivity index is 2.29. The van der Waals surface area contributed by atoms with E-state index in [-0.39, 0.29) is 11.3 Å². The van der Waals surface area contributed by atoms with Crippen molar-refractivity contribution in [3.63, 3.8) is 0 Å². The van der Waals surface area contributed by atoms with Crippen molar-refractivity contribution in [1.82, 2.24) is 0 Å². The van der Waals surface area contributed by atoms with E-state index in [9.17, 15) is 26.3 Å². The Bertz CT molecular complexity index is 532. The van der Waals surface area contributed by atoms with E-state index in [1.165, 1.54) is 0 Å². The largest absolute Gasteiger partial charge is 0.476 e. The maximum atomic E-state index is 12.4. The Morgan fingerprint density at radius 1 is 1.10 bits per heavy atom. The molecule has 0 saturated carbocycles. The molecule has 20 heavy (non-hydrogen) atoms. The Labute approximate surface area is 109 Å². The van der Waals surface area contributed by atoms with Crippen LogP contribution in [0.1, 0.15) is 17.2 Å². The molecular weight excluding hydrogens is 290 g/mol. The highest BCUT2D eigenvalue weighted by atomic mass is 19.4. The minimum atomic E-state index is -4.85. The summed E-state index contributed by atoms with van der Waals surface area (Å²) in [6, 6.07) is 2.79. The van der Waals surface area contributed by atoms with Crippen molar-refractivity contribution in [1.29, 1.82) is 0 Å². The highest BCUT2D eigenvalue weighted by molar-refractivity contribution is 5.61. The molecule has 1 aliphatic heterocycles. The molecule has 8 heteroatoms.